The van der Waals surface area contributed by atoms with Crippen LogP contribution in [0, 0.1) is 0 Å². The summed E-state index contributed by atoms with van der Waals surface area (Å²) in [4.78, 5) is 0. The van der Waals surface area contributed by atoms with Crippen molar-refractivity contribution in [2.45, 2.75) is 19.4 Å². The maximum atomic E-state index is 10.5. The lowest BCUT2D eigenvalue weighted by molar-refractivity contribution is -0.940. The lowest BCUT2D eigenvalue weighted by Crippen LogP contribution is -2.59. The fourth-order valence-corrected chi connectivity index (χ4v) is 3.22. The Balaban J connectivity index is 4.56. The van der Waals surface area contributed by atoms with Gasteiger partial charge in [0, 0.05) is 13.0 Å². The van der Waals surface area contributed by atoms with Crippen molar-refractivity contribution in [3.63, 3.8) is 0 Å². The molecule has 0 fully saturated rings. The van der Waals surface area contributed by atoms with E-state index >= 15 is 0 Å². The molecule has 0 radical (unpaired) electrons. The summed E-state index contributed by atoms with van der Waals surface area (Å²) in [6, 6.07) is 0. The predicted molar refractivity (Wildman–Crippen MR) is 92.0 cm³/mol. The van der Waals surface area contributed by atoms with E-state index in [9.17, 15) is 20.4 Å². The van der Waals surface area contributed by atoms with Gasteiger partial charge in [0.25, 0.3) is 0 Å². The van der Waals surface area contributed by atoms with E-state index in [-0.39, 0.29) is 19.8 Å². The van der Waals surface area contributed by atoms with Gasteiger partial charge in [0.15, 0.2) is 6.10 Å². The van der Waals surface area contributed by atoms with E-state index in [2.05, 4.69) is 26.3 Å². The van der Waals surface area contributed by atoms with E-state index in [1.54, 1.807) is 0 Å². The molecule has 0 aromatic heterocycles. The summed E-state index contributed by atoms with van der Waals surface area (Å²) in [5.74, 6) is 0. The Hall–Kier alpha value is -0.280. The van der Waals surface area contributed by atoms with Gasteiger partial charge in [-0.05, 0) is 6.54 Å². The second kappa shape index (κ2) is 12.1. The van der Waals surface area contributed by atoms with Crippen LogP contribution in [0.15, 0.2) is 0 Å². The molecule has 0 saturated heterocycles. The van der Waals surface area contributed by atoms with Crippen molar-refractivity contribution in [3.05, 3.63) is 0 Å². The predicted octanol–water partition coefficient (Wildman–Crippen LogP) is -1.78. The largest absolute Gasteiger partial charge is 0.391 e. The first-order valence-corrected chi connectivity index (χ1v) is 8.73. The lowest BCUT2D eigenvalue weighted by atomic mass is 10.2. The zero-order valence-electron chi connectivity index (χ0n) is 15.2. The first kappa shape index (κ1) is 22.7. The minimum absolute atomic E-state index is 0.0202. The third-order valence-electron chi connectivity index (χ3n) is 4.39. The van der Waals surface area contributed by atoms with Crippen molar-refractivity contribution < 1.29 is 29.4 Å². The monoisotopic (exact) mass is 337 g/mol. The molecule has 0 saturated carbocycles. The van der Waals surface area contributed by atoms with Crippen molar-refractivity contribution in [2.75, 3.05) is 86.3 Å². The van der Waals surface area contributed by atoms with Crippen LogP contribution in [0.3, 0.4) is 0 Å². The molecule has 0 heterocycles. The molecule has 0 rings (SSSR count). The number of likely N-dealkylation sites (N-methyl/N-ethyl adjacent to an activating group) is 1. The number of hydrogen-bond donors (Lipinski definition) is 5. The van der Waals surface area contributed by atoms with Crippen LogP contribution >= 0.6 is 0 Å². The van der Waals surface area contributed by atoms with Crippen LogP contribution in [0.5, 0.6) is 0 Å². The fraction of sp³-hybridized carbons (Fsp3) is 1.00. The van der Waals surface area contributed by atoms with Gasteiger partial charge in [-0.15, -0.1) is 0 Å². The summed E-state index contributed by atoms with van der Waals surface area (Å²) >= 11 is 0. The van der Waals surface area contributed by atoms with Crippen molar-refractivity contribution in [2.24, 2.45) is 0 Å². The number of aliphatic hydroxyl groups is 4. The number of rotatable bonds is 15. The van der Waals surface area contributed by atoms with Crippen LogP contribution in [0.1, 0.15) is 13.3 Å². The summed E-state index contributed by atoms with van der Waals surface area (Å²) in [5.41, 5.74) is 0. The molecule has 140 valence electrons. The summed E-state index contributed by atoms with van der Waals surface area (Å²) in [6.45, 7) is 7.33. The normalized spacial score (nSPS) is 14.2. The Bertz CT molecular complexity index is 273. The summed E-state index contributed by atoms with van der Waals surface area (Å²) in [6.07, 6.45) is 0.520. The number of nitrogens with zero attached hydrogens (tertiary/aromatic N) is 2. The zero-order chi connectivity index (χ0) is 17.8. The molecular formula is C16H39N3O4+2. The van der Waals surface area contributed by atoms with Gasteiger partial charge in [0.1, 0.15) is 32.7 Å². The summed E-state index contributed by atoms with van der Waals surface area (Å²) < 4.78 is 1.08. The quantitative estimate of drug-likeness (QED) is 0.180. The van der Waals surface area contributed by atoms with E-state index < -0.39 is 6.10 Å². The minimum Gasteiger partial charge on any atom is -0.391 e. The molecular weight excluding hydrogens is 298 g/mol. The van der Waals surface area contributed by atoms with Gasteiger partial charge in [0.05, 0.1) is 40.5 Å². The molecule has 0 bridgehead atoms. The number of nitrogens with one attached hydrogen (secondary N) is 1. The second-order valence-electron chi connectivity index (χ2n) is 7.07. The molecule has 0 aliphatic heterocycles. The first-order chi connectivity index (χ1) is 10.8. The van der Waals surface area contributed by atoms with Crippen molar-refractivity contribution in [3.8, 4) is 0 Å². The Morgan fingerprint density at radius 2 is 1.39 bits per heavy atom. The molecule has 1 atom stereocenters. The van der Waals surface area contributed by atoms with E-state index in [0.717, 1.165) is 30.5 Å². The highest BCUT2D eigenvalue weighted by atomic mass is 16.3. The van der Waals surface area contributed by atoms with Gasteiger partial charge in [-0.1, -0.05) is 6.92 Å². The number of hydrogen-bond acceptors (Lipinski definition) is 5. The zero-order valence-corrected chi connectivity index (χ0v) is 15.2. The standard InChI is InChI=1S/C16H39N3O4/c1-4-17-6-5-7-18(2,3)14-16(23)15-19(8-11-20,9-12-21)10-13-22/h16-17,20-23H,4-15H2,1-3H3/q+2. The fourth-order valence-electron chi connectivity index (χ4n) is 3.22. The van der Waals surface area contributed by atoms with Gasteiger partial charge in [-0.25, -0.2) is 0 Å². The maximum Gasteiger partial charge on any atom is 0.152 e. The average Bonchev–Trinajstić information content (AvgIpc) is 2.43. The number of aliphatic hydroxyl groups excluding tert-OH is 4. The molecule has 1 unspecified atom stereocenters. The third-order valence-corrected chi connectivity index (χ3v) is 4.39. The van der Waals surface area contributed by atoms with Crippen molar-refractivity contribution in [1.29, 1.82) is 0 Å². The highest BCUT2D eigenvalue weighted by Gasteiger charge is 2.32. The second-order valence-corrected chi connectivity index (χ2v) is 7.07. The molecule has 0 aromatic rings. The smallest absolute Gasteiger partial charge is 0.152 e. The molecule has 23 heavy (non-hydrogen) atoms. The van der Waals surface area contributed by atoms with Gasteiger partial charge in [-0.2, -0.15) is 0 Å². The van der Waals surface area contributed by atoms with Gasteiger partial charge >= 0.3 is 0 Å². The van der Waals surface area contributed by atoms with E-state index in [1.807, 2.05) is 0 Å². The highest BCUT2D eigenvalue weighted by Crippen LogP contribution is 2.11. The Labute approximate surface area is 141 Å². The molecule has 0 amide bonds. The molecule has 0 aliphatic carbocycles. The molecule has 5 N–H and O–H groups in total. The van der Waals surface area contributed by atoms with Crippen molar-refractivity contribution in [1.82, 2.24) is 5.32 Å². The summed E-state index contributed by atoms with van der Waals surface area (Å²) in [5, 5.41) is 41.7. The van der Waals surface area contributed by atoms with Crippen molar-refractivity contribution >= 4 is 0 Å². The third kappa shape index (κ3) is 10.2. The summed E-state index contributed by atoms with van der Waals surface area (Å²) in [7, 11) is 4.21. The molecule has 7 heteroatoms. The molecule has 7 nitrogen and oxygen atoms in total. The van der Waals surface area contributed by atoms with Crippen LogP contribution < -0.4 is 5.32 Å². The minimum atomic E-state index is -0.534. The SMILES string of the molecule is CCNCCC[N+](C)(C)CC(O)C[N+](CCO)(CCO)CCO. The maximum absolute atomic E-state index is 10.5. The average molecular weight is 338 g/mol. The molecule has 0 aliphatic rings. The topological polar surface area (TPSA) is 93.0 Å². The van der Waals surface area contributed by atoms with Crippen LogP contribution in [-0.2, 0) is 0 Å². The van der Waals surface area contributed by atoms with Gasteiger partial charge < -0.3 is 34.7 Å². The first-order valence-electron chi connectivity index (χ1n) is 8.73. The Morgan fingerprint density at radius 3 is 1.83 bits per heavy atom. The number of quaternary nitrogens is 2. The Kier molecular flexibility index (Phi) is 12.0. The van der Waals surface area contributed by atoms with Crippen LogP contribution in [0.2, 0.25) is 0 Å². The van der Waals surface area contributed by atoms with E-state index in [4.69, 9.17) is 0 Å². The highest BCUT2D eigenvalue weighted by molar-refractivity contribution is 4.57. The lowest BCUT2D eigenvalue weighted by Gasteiger charge is -2.40. The Morgan fingerprint density at radius 1 is 0.870 bits per heavy atom. The molecule has 0 aromatic carbocycles. The molecule has 0 spiro atoms. The van der Waals surface area contributed by atoms with E-state index in [1.165, 1.54) is 0 Å². The van der Waals surface area contributed by atoms with E-state index in [0.29, 0.717) is 37.2 Å². The van der Waals surface area contributed by atoms with Gasteiger partial charge in [0.2, 0.25) is 0 Å². The van der Waals surface area contributed by atoms with Crippen LogP contribution in [0.25, 0.3) is 0 Å². The van der Waals surface area contributed by atoms with Gasteiger partial charge in [-0.3, -0.25) is 0 Å². The van der Waals surface area contributed by atoms with Crippen LogP contribution in [-0.4, -0.2) is 122 Å². The van der Waals surface area contributed by atoms with Crippen LogP contribution in [0.4, 0.5) is 0 Å².